The highest BCUT2D eigenvalue weighted by Gasteiger charge is 2.16. The van der Waals surface area contributed by atoms with Crippen molar-refractivity contribution in [3.8, 4) is 66.8 Å². The number of hydrogen-bond acceptors (Lipinski definition) is 1. The summed E-state index contributed by atoms with van der Waals surface area (Å²) in [4.78, 5) is 2.35. The summed E-state index contributed by atoms with van der Waals surface area (Å²) in [5.41, 5.74) is 21.0. The Hall–Kier alpha value is -12.2. The Morgan fingerprint density at radius 1 is 0.172 bits per heavy atom. The maximum Gasteiger partial charge on any atom is 0.0462 e. The molecule has 2 heteroatoms. The first-order valence-electron chi connectivity index (χ1n) is 33.9. The highest BCUT2D eigenvalue weighted by atomic mass is 79.9. The van der Waals surface area contributed by atoms with Gasteiger partial charge in [0, 0.05) is 21.5 Å². The molecule has 0 radical (unpaired) electrons. The summed E-state index contributed by atoms with van der Waals surface area (Å²) >= 11 is 3.47. The molecule has 0 N–H and O–H groups in total. The molecule has 0 atom stereocenters. The van der Waals surface area contributed by atoms with Crippen molar-refractivity contribution in [2.24, 2.45) is 0 Å². The summed E-state index contributed by atoms with van der Waals surface area (Å²) in [6.07, 6.45) is 0.936. The summed E-state index contributed by atoms with van der Waals surface area (Å²) in [6.45, 7) is 0. The minimum atomic E-state index is 0.936. The molecule has 18 aromatic rings. The fourth-order valence-electron chi connectivity index (χ4n) is 14.1. The molecule has 18 aromatic carbocycles. The first-order valence-corrected chi connectivity index (χ1v) is 34.7. The minimum Gasteiger partial charge on any atom is -0.311 e. The van der Waals surface area contributed by atoms with Crippen LogP contribution in [-0.2, 0) is 6.42 Å². The zero-order valence-electron chi connectivity index (χ0n) is 54.6. The van der Waals surface area contributed by atoms with E-state index < -0.39 is 0 Å². The van der Waals surface area contributed by atoms with Crippen LogP contribution in [0.3, 0.4) is 0 Å². The summed E-state index contributed by atoms with van der Waals surface area (Å²) in [7, 11) is 0. The van der Waals surface area contributed by atoms with Crippen LogP contribution in [0.2, 0.25) is 0 Å². The molecule has 18 rings (SSSR count). The van der Waals surface area contributed by atoms with Crippen molar-refractivity contribution in [2.75, 3.05) is 4.90 Å². The third-order valence-corrected chi connectivity index (χ3v) is 19.7. The van der Waals surface area contributed by atoms with Crippen LogP contribution in [0.25, 0.3) is 131 Å². The van der Waals surface area contributed by atoms with Gasteiger partial charge >= 0.3 is 0 Å². The molecule has 0 aliphatic heterocycles. The van der Waals surface area contributed by atoms with Crippen LogP contribution in [0.5, 0.6) is 0 Å². The van der Waals surface area contributed by atoms with Crippen LogP contribution in [0, 0.1) is 0 Å². The quantitative estimate of drug-likeness (QED) is 0.125. The van der Waals surface area contributed by atoms with Gasteiger partial charge in [-0.3, -0.25) is 0 Å². The molecule has 0 aliphatic carbocycles. The summed E-state index contributed by atoms with van der Waals surface area (Å²) in [5.74, 6) is 0. The predicted octanol–water partition coefficient (Wildman–Crippen LogP) is 27.8. The fourth-order valence-corrected chi connectivity index (χ4v) is 14.4. The summed E-state index contributed by atoms with van der Waals surface area (Å²) in [6, 6.07) is 144. The van der Waals surface area contributed by atoms with E-state index in [-0.39, 0.29) is 0 Å². The average Bonchev–Trinajstić information content (AvgIpc) is 0.915. The molecular formula is C97H68BrN. The van der Waals surface area contributed by atoms with Crippen molar-refractivity contribution >= 4 is 97.6 Å². The first kappa shape index (κ1) is 61.7. The second-order valence-electron chi connectivity index (χ2n) is 25.2. The zero-order valence-corrected chi connectivity index (χ0v) is 56.2. The van der Waals surface area contributed by atoms with Gasteiger partial charge in [0.15, 0.2) is 0 Å². The van der Waals surface area contributed by atoms with Crippen molar-refractivity contribution in [3.63, 3.8) is 0 Å². The van der Waals surface area contributed by atoms with E-state index >= 15 is 0 Å². The van der Waals surface area contributed by atoms with Crippen LogP contribution in [0.4, 0.5) is 17.1 Å². The van der Waals surface area contributed by atoms with Gasteiger partial charge in [-0.25, -0.2) is 0 Å². The largest absolute Gasteiger partial charge is 0.311 e. The van der Waals surface area contributed by atoms with Crippen molar-refractivity contribution in [1.29, 1.82) is 0 Å². The van der Waals surface area contributed by atoms with Gasteiger partial charge in [0.25, 0.3) is 0 Å². The molecule has 0 aliphatic rings. The highest BCUT2D eigenvalue weighted by molar-refractivity contribution is 9.10. The molecule has 0 spiro atoms. The molecule has 0 bridgehead atoms. The number of anilines is 3. The van der Waals surface area contributed by atoms with E-state index in [1.54, 1.807) is 0 Å². The predicted molar refractivity (Wildman–Crippen MR) is 429 cm³/mol. The van der Waals surface area contributed by atoms with Crippen molar-refractivity contribution < 1.29 is 0 Å². The number of fused-ring (bicyclic) bond motifs is 6. The number of benzene rings is 18. The summed E-state index contributed by atoms with van der Waals surface area (Å²) < 4.78 is 1.11. The molecule has 0 heterocycles. The molecule has 0 aromatic heterocycles. The van der Waals surface area contributed by atoms with E-state index in [9.17, 15) is 0 Å². The Balaban J connectivity index is 0.000000131. The van der Waals surface area contributed by atoms with E-state index in [1.165, 1.54) is 143 Å². The van der Waals surface area contributed by atoms with Crippen molar-refractivity contribution in [2.45, 2.75) is 6.42 Å². The first-order chi connectivity index (χ1) is 49.0. The lowest BCUT2D eigenvalue weighted by molar-refractivity contribution is 1.19. The maximum atomic E-state index is 3.47. The van der Waals surface area contributed by atoms with E-state index in [2.05, 4.69) is 421 Å². The van der Waals surface area contributed by atoms with Gasteiger partial charge in [0.05, 0.1) is 0 Å². The lowest BCUT2D eigenvalue weighted by Crippen LogP contribution is -2.09. The molecule has 0 saturated heterocycles. The standard InChI is InChI=1S/C48H33N.C33H24.C16H11Br/c1-4-16-43-34(10-1)13-7-19-46(43)37-22-28-40(29-23-37)49(41-30-24-38(25-31-41)47-20-8-14-35-11-2-5-17-44(35)47)42-32-26-39(27-33-42)48-21-9-15-36-12-3-6-18-45(36)48;1-3-11-30-26(7-1)9-5-13-32(30)28-19-15-24(16-20-28)23-25-17-21-29(22-18-25)33-14-6-10-27-8-2-4-12-31(27)33;17-14-10-8-13(9-11-14)16-7-3-5-12-4-1-2-6-15(12)16/h1-33H;1-22H,23H2;1-11H. The Kier molecular flexibility index (Phi) is 17.6. The molecule has 99 heavy (non-hydrogen) atoms. The lowest BCUT2D eigenvalue weighted by atomic mass is 9.95. The molecule has 0 saturated carbocycles. The van der Waals surface area contributed by atoms with Crippen LogP contribution in [-0.4, -0.2) is 0 Å². The number of rotatable bonds is 11. The fraction of sp³-hybridized carbons (Fsp3) is 0.0103. The smallest absolute Gasteiger partial charge is 0.0462 e. The van der Waals surface area contributed by atoms with E-state index in [1.807, 2.05) is 0 Å². The van der Waals surface area contributed by atoms with E-state index in [0.717, 1.165) is 28.0 Å². The maximum absolute atomic E-state index is 3.47. The zero-order chi connectivity index (χ0) is 66.3. The third kappa shape index (κ3) is 13.2. The Morgan fingerprint density at radius 2 is 0.354 bits per heavy atom. The third-order valence-electron chi connectivity index (χ3n) is 19.1. The Bertz CT molecular complexity index is 5410. The second-order valence-corrected chi connectivity index (χ2v) is 26.1. The molecule has 0 fully saturated rings. The van der Waals surface area contributed by atoms with Gasteiger partial charge in [0.2, 0.25) is 0 Å². The van der Waals surface area contributed by atoms with Crippen LogP contribution >= 0.6 is 15.9 Å². The van der Waals surface area contributed by atoms with Gasteiger partial charge < -0.3 is 4.90 Å². The van der Waals surface area contributed by atoms with E-state index in [0.29, 0.717) is 0 Å². The number of hydrogen-bond donors (Lipinski definition) is 0. The minimum absolute atomic E-state index is 0.936. The number of nitrogens with zero attached hydrogens (tertiary/aromatic N) is 1. The second kappa shape index (κ2) is 28.2. The Morgan fingerprint density at radius 3 is 0.576 bits per heavy atom. The highest BCUT2D eigenvalue weighted by Crippen LogP contribution is 2.41. The van der Waals surface area contributed by atoms with Crippen LogP contribution in [0.1, 0.15) is 11.1 Å². The molecule has 0 amide bonds. The molecule has 1 nitrogen and oxygen atoms in total. The van der Waals surface area contributed by atoms with Crippen LogP contribution in [0.15, 0.2) is 405 Å². The lowest BCUT2D eigenvalue weighted by Gasteiger charge is -2.26. The van der Waals surface area contributed by atoms with Gasteiger partial charge in [-0.15, -0.1) is 0 Å². The summed E-state index contributed by atoms with van der Waals surface area (Å²) in [5, 5.41) is 15.3. The molecule has 0 unspecified atom stereocenters. The van der Waals surface area contributed by atoms with Gasteiger partial charge in [0.1, 0.15) is 0 Å². The van der Waals surface area contributed by atoms with Crippen molar-refractivity contribution in [3.05, 3.63) is 416 Å². The van der Waals surface area contributed by atoms with E-state index in [4.69, 9.17) is 0 Å². The van der Waals surface area contributed by atoms with Gasteiger partial charge in [-0.2, -0.15) is 0 Å². The van der Waals surface area contributed by atoms with Gasteiger partial charge in [-0.1, -0.05) is 368 Å². The number of halogens is 1. The van der Waals surface area contributed by atoms with Gasteiger partial charge in [-0.05, 0) is 197 Å². The van der Waals surface area contributed by atoms with Crippen LogP contribution < -0.4 is 4.90 Å². The van der Waals surface area contributed by atoms with Crippen molar-refractivity contribution in [1.82, 2.24) is 0 Å². The molecular weight excluding hydrogens is 1260 g/mol. The average molecular weight is 1330 g/mol. The SMILES string of the molecule is Brc1ccc(-c2cccc3ccccc23)cc1.c1ccc2c(-c3ccc(Cc4ccc(-c5cccc6ccccc56)cc4)cc3)cccc2c1.c1ccc2c(-c3ccc(N(c4ccc(-c5cccc6ccccc56)cc4)c4ccc(-c5cccc6ccccc56)cc4)cc3)cccc2c1. The topological polar surface area (TPSA) is 3.24 Å². The normalized spacial score (nSPS) is 11.1. The Labute approximate surface area is 587 Å². The monoisotopic (exact) mass is 1330 g/mol. The molecule has 468 valence electrons.